The van der Waals surface area contributed by atoms with Crippen LogP contribution in [0.5, 0.6) is 0 Å². The molecule has 0 amide bonds. The third-order valence-electron chi connectivity index (χ3n) is 3.54. The average Bonchev–Trinajstić information content (AvgIpc) is 2.29. The Labute approximate surface area is 104 Å². The molecular weight excluding hydrogens is 192 g/mol. The summed E-state index contributed by atoms with van der Waals surface area (Å²) in [6, 6.07) is 0. The first-order valence-corrected chi connectivity index (χ1v) is 7.64. The lowest BCUT2D eigenvalue weighted by atomic mass is 9.90. The highest BCUT2D eigenvalue weighted by Gasteiger charge is 2.07. The quantitative estimate of drug-likeness (QED) is 0.349. The minimum Gasteiger partial charge on any atom is -0.0654 e. The Bertz CT molecular complexity index is 93.4. The van der Waals surface area contributed by atoms with E-state index < -0.39 is 0 Å². The van der Waals surface area contributed by atoms with Crippen LogP contribution in [0.2, 0.25) is 0 Å². The van der Waals surface area contributed by atoms with Gasteiger partial charge in [-0.25, -0.2) is 0 Å². The van der Waals surface area contributed by atoms with Gasteiger partial charge in [0.25, 0.3) is 0 Å². The molecule has 0 saturated heterocycles. The van der Waals surface area contributed by atoms with Gasteiger partial charge in [-0.2, -0.15) is 0 Å². The van der Waals surface area contributed by atoms with Crippen molar-refractivity contribution >= 4 is 0 Å². The van der Waals surface area contributed by atoms with Crippen LogP contribution in [0.4, 0.5) is 0 Å². The van der Waals surface area contributed by atoms with Gasteiger partial charge in [0.15, 0.2) is 0 Å². The van der Waals surface area contributed by atoms with Crippen LogP contribution in [0.15, 0.2) is 0 Å². The van der Waals surface area contributed by atoms with Gasteiger partial charge in [-0.3, -0.25) is 0 Å². The molecule has 0 fully saturated rings. The molecule has 0 nitrogen and oxygen atoms in total. The van der Waals surface area contributed by atoms with Gasteiger partial charge in [-0.15, -0.1) is 0 Å². The van der Waals surface area contributed by atoms with Crippen molar-refractivity contribution in [3.8, 4) is 0 Å². The van der Waals surface area contributed by atoms with E-state index in [2.05, 4.69) is 20.8 Å². The summed E-state index contributed by atoms with van der Waals surface area (Å²) in [5.74, 6) is 1.02. The monoisotopic (exact) mass is 225 g/mol. The Morgan fingerprint density at radius 1 is 0.688 bits per heavy atom. The predicted molar refractivity (Wildman–Crippen MR) is 75.6 cm³/mol. The molecule has 0 aliphatic heterocycles. The second kappa shape index (κ2) is 13.1. The minimum absolute atomic E-state index is 1.02. The first kappa shape index (κ1) is 16.0. The van der Waals surface area contributed by atoms with E-state index in [1.54, 1.807) is 0 Å². The van der Waals surface area contributed by atoms with Crippen LogP contribution >= 0.6 is 0 Å². The summed E-state index contributed by atoms with van der Waals surface area (Å²) in [4.78, 5) is 0. The van der Waals surface area contributed by atoms with Gasteiger partial charge in [-0.1, -0.05) is 97.8 Å². The molecule has 0 unspecified atom stereocenters. The van der Waals surface area contributed by atoms with E-state index in [1.807, 2.05) is 0 Å². The second-order valence-electron chi connectivity index (χ2n) is 5.21. The van der Waals surface area contributed by atoms with Gasteiger partial charge in [0.05, 0.1) is 0 Å². The van der Waals surface area contributed by atoms with Crippen LogP contribution in [0.1, 0.15) is 90.9 Å². The molecule has 0 N–H and O–H groups in total. The fraction of sp³-hybridized carbons (Fsp3) is 0.938. The van der Waals surface area contributed by atoms with Crippen molar-refractivity contribution < 1.29 is 0 Å². The summed E-state index contributed by atoms with van der Waals surface area (Å²) < 4.78 is 0. The summed E-state index contributed by atoms with van der Waals surface area (Å²) in [6.07, 6.45) is 16.8. The van der Waals surface area contributed by atoms with Crippen molar-refractivity contribution in [3.05, 3.63) is 6.92 Å². The zero-order valence-electron chi connectivity index (χ0n) is 11.8. The summed E-state index contributed by atoms with van der Waals surface area (Å²) in [5.41, 5.74) is 0. The highest BCUT2D eigenvalue weighted by Crippen LogP contribution is 2.23. The summed E-state index contributed by atoms with van der Waals surface area (Å²) >= 11 is 0. The van der Waals surface area contributed by atoms with Crippen LogP contribution in [0.3, 0.4) is 0 Å². The molecule has 1 radical (unpaired) electrons. The maximum atomic E-state index is 3.93. The topological polar surface area (TPSA) is 0 Å². The van der Waals surface area contributed by atoms with Crippen LogP contribution < -0.4 is 0 Å². The van der Waals surface area contributed by atoms with E-state index in [1.165, 1.54) is 70.6 Å². The Balaban J connectivity index is 3.58. The van der Waals surface area contributed by atoms with E-state index in [4.69, 9.17) is 0 Å². The van der Waals surface area contributed by atoms with Crippen molar-refractivity contribution in [2.75, 3.05) is 0 Å². The number of unbranched alkanes of at least 4 members (excludes halogenated alkanes) is 6. The fourth-order valence-electron chi connectivity index (χ4n) is 2.41. The molecule has 0 rings (SSSR count). The van der Waals surface area contributed by atoms with E-state index in [0.717, 1.165) is 12.3 Å². The van der Waals surface area contributed by atoms with Gasteiger partial charge < -0.3 is 0 Å². The Morgan fingerprint density at radius 2 is 1.12 bits per heavy atom. The normalized spacial score (nSPS) is 11.2. The highest BCUT2D eigenvalue weighted by atomic mass is 14.1. The molecule has 0 spiro atoms. The number of hydrogen-bond donors (Lipinski definition) is 0. The third-order valence-corrected chi connectivity index (χ3v) is 3.54. The molecular formula is C16H33. The van der Waals surface area contributed by atoms with Gasteiger partial charge in [0.2, 0.25) is 0 Å². The van der Waals surface area contributed by atoms with E-state index in [9.17, 15) is 0 Å². The minimum atomic E-state index is 1.02. The smallest absolute Gasteiger partial charge is 0.0414 e. The molecule has 0 aliphatic carbocycles. The van der Waals surface area contributed by atoms with Crippen LogP contribution in [0.25, 0.3) is 0 Å². The zero-order valence-corrected chi connectivity index (χ0v) is 11.8. The highest BCUT2D eigenvalue weighted by molar-refractivity contribution is 4.61. The third kappa shape index (κ3) is 10.5. The predicted octanol–water partition coefficient (Wildman–Crippen LogP) is 6.16. The molecule has 0 heteroatoms. The van der Waals surface area contributed by atoms with E-state index in [0.29, 0.717) is 0 Å². The summed E-state index contributed by atoms with van der Waals surface area (Å²) in [6.45, 7) is 8.53. The van der Waals surface area contributed by atoms with Crippen molar-refractivity contribution in [2.24, 2.45) is 5.92 Å². The van der Waals surface area contributed by atoms with E-state index in [-0.39, 0.29) is 0 Å². The average molecular weight is 225 g/mol. The molecule has 0 atom stereocenters. The molecule has 0 aliphatic rings. The summed E-state index contributed by atoms with van der Waals surface area (Å²) in [5, 5.41) is 0. The Hall–Kier alpha value is 0. The van der Waals surface area contributed by atoms with Gasteiger partial charge in [0.1, 0.15) is 0 Å². The van der Waals surface area contributed by atoms with Gasteiger partial charge >= 0.3 is 0 Å². The molecule has 0 heterocycles. The van der Waals surface area contributed by atoms with Crippen LogP contribution in [-0.2, 0) is 0 Å². The standard InChI is InChI=1S/C16H33/c1-4-7-10-13-16(14-11-8-5-2)15-12-9-6-3/h16H,1,4-15H2,2-3H3. The molecule has 97 valence electrons. The maximum Gasteiger partial charge on any atom is -0.0414 e. The molecule has 0 aromatic carbocycles. The fourth-order valence-corrected chi connectivity index (χ4v) is 2.41. The van der Waals surface area contributed by atoms with Crippen LogP contribution in [-0.4, -0.2) is 0 Å². The largest absolute Gasteiger partial charge is 0.0654 e. The van der Waals surface area contributed by atoms with Crippen molar-refractivity contribution in [1.29, 1.82) is 0 Å². The Morgan fingerprint density at radius 3 is 1.50 bits per heavy atom. The van der Waals surface area contributed by atoms with Crippen molar-refractivity contribution in [3.63, 3.8) is 0 Å². The molecule has 0 aromatic rings. The number of rotatable bonds is 12. The lowest BCUT2D eigenvalue weighted by Gasteiger charge is -2.16. The molecule has 16 heavy (non-hydrogen) atoms. The lowest BCUT2D eigenvalue weighted by molar-refractivity contribution is 0.374. The first-order chi connectivity index (χ1) is 7.85. The second-order valence-corrected chi connectivity index (χ2v) is 5.21. The zero-order chi connectivity index (χ0) is 12.1. The molecule has 0 bridgehead atoms. The first-order valence-electron chi connectivity index (χ1n) is 7.64. The maximum absolute atomic E-state index is 3.93. The van der Waals surface area contributed by atoms with Crippen molar-refractivity contribution in [2.45, 2.75) is 90.9 Å². The van der Waals surface area contributed by atoms with Gasteiger partial charge in [-0.05, 0) is 5.92 Å². The Kier molecular flexibility index (Phi) is 13.1. The van der Waals surface area contributed by atoms with Crippen molar-refractivity contribution in [1.82, 2.24) is 0 Å². The number of hydrogen-bond acceptors (Lipinski definition) is 0. The lowest BCUT2D eigenvalue weighted by Crippen LogP contribution is -2.01. The van der Waals surface area contributed by atoms with Crippen LogP contribution in [0, 0.1) is 12.8 Å². The SMILES string of the molecule is [CH2]CCCCC(CCCCC)CCCCC. The summed E-state index contributed by atoms with van der Waals surface area (Å²) in [7, 11) is 0. The molecule has 0 saturated carbocycles. The van der Waals surface area contributed by atoms with E-state index >= 15 is 0 Å². The molecule has 0 aromatic heterocycles. The van der Waals surface area contributed by atoms with Gasteiger partial charge in [0, 0.05) is 0 Å².